The highest BCUT2D eigenvalue weighted by Crippen LogP contribution is 2.36. The number of aromatic nitrogens is 5. The van der Waals surface area contributed by atoms with E-state index in [1.807, 2.05) is 43.9 Å². The van der Waals surface area contributed by atoms with Gasteiger partial charge in [0.2, 0.25) is 0 Å². The molecule has 0 aliphatic carbocycles. The lowest BCUT2D eigenvalue weighted by Crippen LogP contribution is -2.42. The molecule has 2 saturated heterocycles. The summed E-state index contributed by atoms with van der Waals surface area (Å²) in [4.78, 5) is 16.1. The maximum atomic E-state index is 12.5. The predicted octanol–water partition coefficient (Wildman–Crippen LogP) is 6.49. The molecule has 2 aliphatic rings. The normalized spacial score (nSPS) is 20.7. The van der Waals surface area contributed by atoms with Gasteiger partial charge >= 0.3 is 6.09 Å². The summed E-state index contributed by atoms with van der Waals surface area (Å²) in [6, 6.07) is 2.01. The van der Waals surface area contributed by atoms with Gasteiger partial charge in [0.25, 0.3) is 0 Å². The first kappa shape index (κ1) is 27.4. The number of benzene rings is 1. The molecule has 0 radical (unpaired) electrons. The monoisotopic (exact) mass is 606 g/mol. The van der Waals surface area contributed by atoms with E-state index in [0.29, 0.717) is 19.6 Å². The number of likely N-dealkylation sites (tertiary alicyclic amines) is 1. The Kier molecular flexibility index (Phi) is 8.30. The molecule has 0 N–H and O–H groups in total. The quantitative estimate of drug-likeness (QED) is 0.318. The number of carbonyl (C=O) groups excluding carboxylic acids is 1. The Morgan fingerprint density at radius 3 is 2.82 bits per heavy atom. The number of piperidine rings is 1. The first-order chi connectivity index (χ1) is 18.2. The molecule has 9 nitrogen and oxygen atoms in total. The number of rotatable bonds is 6. The Hall–Kier alpha value is -2.17. The van der Waals surface area contributed by atoms with Crippen molar-refractivity contribution in [2.75, 3.05) is 19.7 Å². The Morgan fingerprint density at radius 1 is 1.21 bits per heavy atom. The molecule has 1 aromatic carbocycles. The standard InChI is InChI=1S/C27H36BrClN6O3/c1-27(2,3)38-26(36)33-11-6-8-18(17-33)22-16-30-34(32-22)12-7-9-19-21(29)14-23-20(25(19)28)15-31-35(23)24-10-4-5-13-37-24/h14-16,18,24H,4-13,17H2,1-3H3/t18-,24?/m1/s1. The summed E-state index contributed by atoms with van der Waals surface area (Å²) in [5.41, 5.74) is 2.48. The Morgan fingerprint density at radius 2 is 2.05 bits per heavy atom. The van der Waals surface area contributed by atoms with Crippen LogP contribution in [0.25, 0.3) is 10.9 Å². The van der Waals surface area contributed by atoms with Crippen LogP contribution in [0.4, 0.5) is 4.79 Å². The lowest BCUT2D eigenvalue weighted by atomic mass is 9.96. The van der Waals surface area contributed by atoms with Crippen LogP contribution in [0.2, 0.25) is 5.02 Å². The van der Waals surface area contributed by atoms with E-state index >= 15 is 0 Å². The van der Waals surface area contributed by atoms with E-state index in [1.165, 1.54) is 0 Å². The van der Waals surface area contributed by atoms with Gasteiger partial charge in [0.1, 0.15) is 5.60 Å². The van der Waals surface area contributed by atoms with Crippen molar-refractivity contribution in [3.8, 4) is 0 Å². The molecule has 0 spiro atoms. The molecule has 2 atom stereocenters. The molecular weight excluding hydrogens is 572 g/mol. The van der Waals surface area contributed by atoms with Crippen molar-refractivity contribution in [2.24, 2.45) is 0 Å². The van der Waals surface area contributed by atoms with E-state index in [9.17, 15) is 4.79 Å². The van der Waals surface area contributed by atoms with Crippen molar-refractivity contribution in [1.29, 1.82) is 0 Å². The van der Waals surface area contributed by atoms with E-state index in [-0.39, 0.29) is 18.2 Å². The molecule has 4 heterocycles. The van der Waals surface area contributed by atoms with Gasteiger partial charge in [0.05, 0.1) is 30.1 Å². The average molecular weight is 608 g/mol. The topological polar surface area (TPSA) is 87.3 Å². The highest BCUT2D eigenvalue weighted by Gasteiger charge is 2.29. The van der Waals surface area contributed by atoms with Crippen LogP contribution in [-0.4, -0.2) is 61.1 Å². The second kappa shape index (κ2) is 11.5. The van der Waals surface area contributed by atoms with E-state index in [0.717, 1.165) is 83.2 Å². The van der Waals surface area contributed by atoms with Gasteiger partial charge in [-0.2, -0.15) is 20.1 Å². The fourth-order valence-electron chi connectivity index (χ4n) is 5.25. The van der Waals surface area contributed by atoms with Crippen LogP contribution in [0.1, 0.15) is 82.7 Å². The minimum absolute atomic E-state index is 0.0319. The average Bonchev–Trinajstić information content (AvgIpc) is 3.53. The SMILES string of the molecule is CC(C)(C)OC(=O)N1CCC[C@@H](c2cnn(CCCc3c(Cl)cc4c(cnn4C4CCCCO4)c3Br)n2)C1. The Bertz CT molecular complexity index is 1280. The smallest absolute Gasteiger partial charge is 0.410 e. The summed E-state index contributed by atoms with van der Waals surface area (Å²) in [5, 5.41) is 15.6. The molecule has 3 aromatic rings. The molecular formula is C27H36BrClN6O3. The molecule has 206 valence electrons. The van der Waals surface area contributed by atoms with E-state index in [2.05, 4.69) is 26.1 Å². The van der Waals surface area contributed by atoms with Crippen LogP contribution in [0.5, 0.6) is 0 Å². The van der Waals surface area contributed by atoms with Crippen molar-refractivity contribution >= 4 is 44.5 Å². The molecule has 2 fully saturated rings. The maximum Gasteiger partial charge on any atom is 0.410 e. The number of hydrogen-bond acceptors (Lipinski definition) is 6. The lowest BCUT2D eigenvalue weighted by molar-refractivity contribution is -0.0366. The number of aryl methyl sites for hydroxylation is 1. The summed E-state index contributed by atoms with van der Waals surface area (Å²) in [6.45, 7) is 8.44. The van der Waals surface area contributed by atoms with Gasteiger partial charge < -0.3 is 14.4 Å². The first-order valence-electron chi connectivity index (χ1n) is 13.5. The van der Waals surface area contributed by atoms with Crippen LogP contribution in [0.15, 0.2) is 22.9 Å². The predicted molar refractivity (Wildman–Crippen MR) is 149 cm³/mol. The summed E-state index contributed by atoms with van der Waals surface area (Å²) < 4.78 is 14.4. The van der Waals surface area contributed by atoms with Gasteiger partial charge in [-0.1, -0.05) is 11.6 Å². The number of amides is 1. The molecule has 11 heteroatoms. The number of halogens is 2. The highest BCUT2D eigenvalue weighted by molar-refractivity contribution is 9.10. The minimum Gasteiger partial charge on any atom is -0.444 e. The van der Waals surface area contributed by atoms with Crippen LogP contribution in [0.3, 0.4) is 0 Å². The molecule has 38 heavy (non-hydrogen) atoms. The largest absolute Gasteiger partial charge is 0.444 e. The summed E-state index contributed by atoms with van der Waals surface area (Å²) >= 11 is 10.5. The van der Waals surface area contributed by atoms with Crippen LogP contribution < -0.4 is 0 Å². The molecule has 1 unspecified atom stereocenters. The molecule has 1 amide bonds. The van der Waals surface area contributed by atoms with Crippen molar-refractivity contribution in [3.05, 3.63) is 39.2 Å². The van der Waals surface area contributed by atoms with Gasteiger partial charge in [-0.15, -0.1) is 0 Å². The number of carbonyl (C=O) groups is 1. The van der Waals surface area contributed by atoms with E-state index < -0.39 is 5.60 Å². The van der Waals surface area contributed by atoms with Gasteiger partial charge in [0.15, 0.2) is 6.23 Å². The number of ether oxygens (including phenoxy) is 2. The third-order valence-electron chi connectivity index (χ3n) is 7.15. The van der Waals surface area contributed by atoms with Crippen LogP contribution in [0, 0.1) is 0 Å². The van der Waals surface area contributed by atoms with Crippen LogP contribution in [-0.2, 0) is 22.4 Å². The molecule has 0 bridgehead atoms. The summed E-state index contributed by atoms with van der Waals surface area (Å²) in [7, 11) is 0. The van der Waals surface area contributed by atoms with Crippen molar-refractivity contribution in [3.63, 3.8) is 0 Å². The number of hydrogen-bond donors (Lipinski definition) is 0. The Labute approximate surface area is 236 Å². The zero-order chi connectivity index (χ0) is 26.9. The van der Waals surface area contributed by atoms with Gasteiger partial charge in [-0.05, 0) is 93.3 Å². The zero-order valence-electron chi connectivity index (χ0n) is 22.3. The lowest BCUT2D eigenvalue weighted by Gasteiger charge is -2.33. The fourth-order valence-corrected chi connectivity index (χ4v) is 6.37. The van der Waals surface area contributed by atoms with Crippen LogP contribution >= 0.6 is 27.5 Å². The zero-order valence-corrected chi connectivity index (χ0v) is 24.7. The van der Waals surface area contributed by atoms with Gasteiger partial charge in [-0.3, -0.25) is 0 Å². The van der Waals surface area contributed by atoms with Gasteiger partial charge in [0, 0.05) is 40.5 Å². The van der Waals surface area contributed by atoms with Crippen molar-refractivity contribution in [1.82, 2.24) is 29.7 Å². The fraction of sp³-hybridized carbons (Fsp3) is 0.630. The first-order valence-corrected chi connectivity index (χ1v) is 14.7. The van der Waals surface area contributed by atoms with Crippen molar-refractivity contribution < 1.29 is 14.3 Å². The van der Waals surface area contributed by atoms with E-state index in [4.69, 9.17) is 26.2 Å². The third kappa shape index (κ3) is 6.18. The maximum absolute atomic E-state index is 12.5. The number of nitrogens with zero attached hydrogens (tertiary/aromatic N) is 6. The second-order valence-corrected chi connectivity index (χ2v) is 12.4. The Balaban J connectivity index is 1.20. The summed E-state index contributed by atoms with van der Waals surface area (Å²) in [5.74, 6) is 0.167. The minimum atomic E-state index is -0.500. The van der Waals surface area contributed by atoms with Gasteiger partial charge in [-0.25, -0.2) is 9.48 Å². The van der Waals surface area contributed by atoms with Crippen molar-refractivity contribution in [2.45, 2.75) is 90.0 Å². The van der Waals surface area contributed by atoms with E-state index in [1.54, 1.807) is 9.70 Å². The highest BCUT2D eigenvalue weighted by atomic mass is 79.9. The summed E-state index contributed by atoms with van der Waals surface area (Å²) in [6.07, 6.45) is 10.2. The molecule has 5 rings (SSSR count). The second-order valence-electron chi connectivity index (χ2n) is 11.2. The molecule has 2 aliphatic heterocycles. The molecule has 0 saturated carbocycles. The third-order valence-corrected chi connectivity index (χ3v) is 8.39. The number of fused-ring (bicyclic) bond motifs is 1. The molecule has 2 aromatic heterocycles.